The molecule has 0 aliphatic heterocycles. The fourth-order valence-corrected chi connectivity index (χ4v) is 1.33. The molecule has 4 heteroatoms. The second-order valence-electron chi connectivity index (χ2n) is 3.63. The Labute approximate surface area is 101 Å². The van der Waals surface area contributed by atoms with E-state index in [-0.39, 0.29) is 11.6 Å². The predicted octanol–water partition coefficient (Wildman–Crippen LogP) is 1.36. The lowest BCUT2D eigenvalue weighted by Crippen LogP contribution is -2.25. The quantitative estimate of drug-likeness (QED) is 0.670. The van der Waals surface area contributed by atoms with Crippen LogP contribution in [-0.2, 0) is 11.3 Å². The molecule has 0 bridgehead atoms. The van der Waals surface area contributed by atoms with Gasteiger partial charge in [0.2, 0.25) is 0 Å². The fourth-order valence-electron chi connectivity index (χ4n) is 1.33. The Hall–Kier alpha value is -2.10. The molecular weight excluding hydrogens is 214 g/mol. The van der Waals surface area contributed by atoms with Crippen molar-refractivity contribution in [2.24, 2.45) is 0 Å². The average Bonchev–Trinajstić information content (AvgIpc) is 2.35. The van der Waals surface area contributed by atoms with E-state index < -0.39 is 0 Å². The molecule has 17 heavy (non-hydrogen) atoms. The molecule has 1 aromatic rings. The number of amides is 1. The van der Waals surface area contributed by atoms with Crippen LogP contribution in [0.15, 0.2) is 36.5 Å². The van der Waals surface area contributed by atoms with E-state index in [1.807, 2.05) is 31.2 Å². The van der Waals surface area contributed by atoms with E-state index in [0.29, 0.717) is 6.54 Å². The maximum Gasteiger partial charge on any atom is 0.268 e. The van der Waals surface area contributed by atoms with E-state index in [0.717, 1.165) is 0 Å². The number of hydrogen-bond donors (Lipinski definition) is 3. The third kappa shape index (κ3) is 4.10. The zero-order valence-corrected chi connectivity index (χ0v) is 10.1. The smallest absolute Gasteiger partial charge is 0.268 e. The Balaban J connectivity index is 2.43. The summed E-state index contributed by atoms with van der Waals surface area (Å²) in [5.74, 6) is -0.390. The van der Waals surface area contributed by atoms with Crippen LogP contribution < -0.4 is 10.6 Å². The molecule has 1 amide bonds. The van der Waals surface area contributed by atoms with Crippen molar-refractivity contribution in [3.63, 3.8) is 0 Å². The van der Waals surface area contributed by atoms with Gasteiger partial charge in [-0.05, 0) is 30.3 Å². The average molecular weight is 231 g/mol. The van der Waals surface area contributed by atoms with Gasteiger partial charge in [-0.2, -0.15) is 0 Å². The SMILES string of the molecule is CNC(=O)C(=N)/C=C\NCc1ccccc1C. The summed E-state index contributed by atoms with van der Waals surface area (Å²) in [5, 5.41) is 12.8. The minimum Gasteiger partial charge on any atom is -0.387 e. The molecule has 0 saturated carbocycles. The predicted molar refractivity (Wildman–Crippen MR) is 69.0 cm³/mol. The number of aryl methyl sites for hydroxylation is 1. The van der Waals surface area contributed by atoms with Gasteiger partial charge in [0.15, 0.2) is 0 Å². The maximum atomic E-state index is 11.0. The fraction of sp³-hybridized carbons (Fsp3) is 0.231. The molecule has 0 atom stereocenters. The van der Waals surface area contributed by atoms with Gasteiger partial charge >= 0.3 is 0 Å². The lowest BCUT2D eigenvalue weighted by molar-refractivity contribution is -0.114. The Kier molecular flexibility index (Phi) is 4.94. The van der Waals surface area contributed by atoms with Gasteiger partial charge in [-0.25, -0.2) is 0 Å². The van der Waals surface area contributed by atoms with Gasteiger partial charge in [0.05, 0.1) is 0 Å². The molecule has 0 aliphatic carbocycles. The molecule has 0 saturated heterocycles. The Morgan fingerprint density at radius 1 is 1.41 bits per heavy atom. The highest BCUT2D eigenvalue weighted by molar-refractivity contribution is 6.41. The van der Waals surface area contributed by atoms with Crippen molar-refractivity contribution >= 4 is 11.6 Å². The van der Waals surface area contributed by atoms with Crippen molar-refractivity contribution in [2.45, 2.75) is 13.5 Å². The summed E-state index contributed by atoms with van der Waals surface area (Å²) >= 11 is 0. The highest BCUT2D eigenvalue weighted by Gasteiger charge is 2.00. The lowest BCUT2D eigenvalue weighted by atomic mass is 10.1. The van der Waals surface area contributed by atoms with E-state index in [4.69, 9.17) is 5.41 Å². The summed E-state index contributed by atoms with van der Waals surface area (Å²) in [6.07, 6.45) is 3.06. The number of carbonyl (C=O) groups is 1. The molecule has 0 aromatic heterocycles. The molecule has 0 radical (unpaired) electrons. The van der Waals surface area contributed by atoms with Crippen molar-refractivity contribution in [1.82, 2.24) is 10.6 Å². The van der Waals surface area contributed by atoms with Crippen molar-refractivity contribution in [3.05, 3.63) is 47.7 Å². The van der Waals surface area contributed by atoms with Gasteiger partial charge in [0.25, 0.3) is 5.91 Å². The summed E-state index contributed by atoms with van der Waals surface area (Å²) in [4.78, 5) is 11.0. The van der Waals surface area contributed by atoms with Crippen LogP contribution in [0.4, 0.5) is 0 Å². The lowest BCUT2D eigenvalue weighted by Gasteiger charge is -2.04. The summed E-state index contributed by atoms with van der Waals surface area (Å²) in [6.45, 7) is 2.73. The Morgan fingerprint density at radius 3 is 2.76 bits per heavy atom. The van der Waals surface area contributed by atoms with Crippen molar-refractivity contribution in [3.8, 4) is 0 Å². The van der Waals surface area contributed by atoms with Gasteiger partial charge in [-0.3, -0.25) is 10.2 Å². The van der Waals surface area contributed by atoms with E-state index in [2.05, 4.69) is 10.6 Å². The molecule has 0 heterocycles. The first-order chi connectivity index (χ1) is 8.15. The van der Waals surface area contributed by atoms with Gasteiger partial charge in [0, 0.05) is 13.6 Å². The molecule has 0 unspecified atom stereocenters. The van der Waals surface area contributed by atoms with Crippen LogP contribution in [-0.4, -0.2) is 18.7 Å². The summed E-state index contributed by atoms with van der Waals surface area (Å²) in [5.41, 5.74) is 2.35. The van der Waals surface area contributed by atoms with E-state index in [1.165, 1.54) is 24.3 Å². The second kappa shape index (κ2) is 6.48. The first kappa shape index (κ1) is 13.0. The van der Waals surface area contributed by atoms with Gasteiger partial charge in [-0.15, -0.1) is 0 Å². The number of carbonyl (C=O) groups excluding carboxylic acids is 1. The molecule has 1 aromatic carbocycles. The van der Waals surface area contributed by atoms with E-state index in [1.54, 1.807) is 6.20 Å². The molecule has 0 spiro atoms. The van der Waals surface area contributed by atoms with Gasteiger partial charge in [0.1, 0.15) is 5.71 Å². The molecular formula is C13H17N3O. The van der Waals surface area contributed by atoms with E-state index >= 15 is 0 Å². The van der Waals surface area contributed by atoms with Crippen LogP contribution in [0.2, 0.25) is 0 Å². The number of rotatable bonds is 5. The zero-order chi connectivity index (χ0) is 12.7. The van der Waals surface area contributed by atoms with Crippen LogP contribution in [0.3, 0.4) is 0 Å². The van der Waals surface area contributed by atoms with Crippen LogP contribution >= 0.6 is 0 Å². The summed E-state index contributed by atoms with van der Waals surface area (Å²) in [6, 6.07) is 8.07. The second-order valence-corrected chi connectivity index (χ2v) is 3.63. The highest BCUT2D eigenvalue weighted by atomic mass is 16.1. The first-order valence-electron chi connectivity index (χ1n) is 5.40. The van der Waals surface area contributed by atoms with Crippen molar-refractivity contribution < 1.29 is 4.79 Å². The Bertz CT molecular complexity index is 438. The number of hydrogen-bond acceptors (Lipinski definition) is 3. The minimum atomic E-state index is -0.390. The highest BCUT2D eigenvalue weighted by Crippen LogP contribution is 2.05. The molecule has 0 aliphatic rings. The van der Waals surface area contributed by atoms with Crippen molar-refractivity contribution in [2.75, 3.05) is 7.05 Å². The van der Waals surface area contributed by atoms with Crippen LogP contribution in [0.1, 0.15) is 11.1 Å². The topological polar surface area (TPSA) is 65.0 Å². The standard InChI is InChI=1S/C13H17N3O/c1-10-5-3-4-6-11(10)9-16-8-7-12(14)13(17)15-2/h3-8,14,16H,9H2,1-2H3,(H,15,17)/b8-7-,14-12?. The van der Waals surface area contributed by atoms with Crippen LogP contribution in [0.25, 0.3) is 0 Å². The molecule has 3 N–H and O–H groups in total. The zero-order valence-electron chi connectivity index (χ0n) is 10.1. The Morgan fingerprint density at radius 2 is 2.12 bits per heavy atom. The first-order valence-corrected chi connectivity index (χ1v) is 5.40. The van der Waals surface area contributed by atoms with E-state index in [9.17, 15) is 4.79 Å². The monoisotopic (exact) mass is 231 g/mol. The number of nitrogens with one attached hydrogen (secondary N) is 3. The summed E-state index contributed by atoms with van der Waals surface area (Å²) < 4.78 is 0. The molecule has 4 nitrogen and oxygen atoms in total. The number of benzene rings is 1. The largest absolute Gasteiger partial charge is 0.387 e. The van der Waals surface area contributed by atoms with Gasteiger partial charge < -0.3 is 10.6 Å². The molecule has 90 valence electrons. The minimum absolute atomic E-state index is 0.0650. The molecule has 0 fully saturated rings. The maximum absolute atomic E-state index is 11.0. The third-order valence-electron chi connectivity index (χ3n) is 2.39. The summed E-state index contributed by atoms with van der Waals surface area (Å²) in [7, 11) is 1.51. The van der Waals surface area contributed by atoms with Crippen LogP contribution in [0.5, 0.6) is 0 Å². The van der Waals surface area contributed by atoms with Gasteiger partial charge in [-0.1, -0.05) is 24.3 Å². The normalized spacial score (nSPS) is 10.2. The third-order valence-corrected chi connectivity index (χ3v) is 2.39. The van der Waals surface area contributed by atoms with Crippen molar-refractivity contribution in [1.29, 1.82) is 5.41 Å². The molecule has 1 rings (SSSR count). The van der Waals surface area contributed by atoms with Crippen LogP contribution in [0, 0.1) is 12.3 Å².